The molecule has 1 heterocycles. The summed E-state index contributed by atoms with van der Waals surface area (Å²) < 4.78 is 15.6. The van der Waals surface area contributed by atoms with Crippen LogP contribution in [0.15, 0.2) is 12.1 Å². The average molecular weight is 283 g/mol. The highest BCUT2D eigenvalue weighted by molar-refractivity contribution is 6.32. The lowest BCUT2D eigenvalue weighted by atomic mass is 10.2. The normalized spacial score (nSPS) is 17.3. The molecular formula is C12H11ClN2O4. The molecule has 19 heavy (non-hydrogen) atoms. The minimum absolute atomic E-state index is 0.153. The first-order valence-electron chi connectivity index (χ1n) is 5.49. The fourth-order valence-corrected chi connectivity index (χ4v) is 1.89. The summed E-state index contributed by atoms with van der Waals surface area (Å²) in [4.78, 5) is 10.9. The van der Waals surface area contributed by atoms with Gasteiger partial charge in [-0.3, -0.25) is 0 Å². The SMILES string of the molecule is COc1cc(C#N)cc(Cl)c1OCC1CNC(=O)O1. The van der Waals surface area contributed by atoms with Crippen LogP contribution in [0.25, 0.3) is 0 Å². The van der Waals surface area contributed by atoms with Crippen molar-refractivity contribution >= 4 is 17.7 Å². The van der Waals surface area contributed by atoms with Gasteiger partial charge in [0.25, 0.3) is 0 Å². The van der Waals surface area contributed by atoms with Crippen LogP contribution in [-0.4, -0.2) is 32.5 Å². The number of hydrogen-bond acceptors (Lipinski definition) is 5. The summed E-state index contributed by atoms with van der Waals surface area (Å²) in [6.45, 7) is 0.537. The van der Waals surface area contributed by atoms with E-state index in [1.165, 1.54) is 19.2 Å². The zero-order valence-electron chi connectivity index (χ0n) is 10.1. The molecule has 0 aliphatic carbocycles. The first-order valence-corrected chi connectivity index (χ1v) is 5.86. The summed E-state index contributed by atoms with van der Waals surface area (Å²) in [5, 5.41) is 11.6. The third kappa shape index (κ3) is 3.01. The van der Waals surface area contributed by atoms with Crippen molar-refractivity contribution in [2.75, 3.05) is 20.3 Å². The molecule has 0 spiro atoms. The highest BCUT2D eigenvalue weighted by Crippen LogP contribution is 2.36. The van der Waals surface area contributed by atoms with Crippen LogP contribution in [-0.2, 0) is 4.74 Å². The predicted molar refractivity (Wildman–Crippen MR) is 66.5 cm³/mol. The second-order valence-electron chi connectivity index (χ2n) is 3.82. The van der Waals surface area contributed by atoms with Crippen molar-refractivity contribution in [1.29, 1.82) is 5.26 Å². The molecule has 0 radical (unpaired) electrons. The first kappa shape index (κ1) is 13.3. The number of benzene rings is 1. The van der Waals surface area contributed by atoms with Gasteiger partial charge in [-0.2, -0.15) is 5.26 Å². The Morgan fingerprint density at radius 3 is 3.00 bits per heavy atom. The summed E-state index contributed by atoms with van der Waals surface area (Å²) in [6, 6.07) is 4.99. The van der Waals surface area contributed by atoms with Crippen molar-refractivity contribution in [3.8, 4) is 17.6 Å². The molecule has 1 N–H and O–H groups in total. The quantitative estimate of drug-likeness (QED) is 0.909. The number of nitriles is 1. The van der Waals surface area contributed by atoms with Crippen LogP contribution in [0.4, 0.5) is 4.79 Å². The van der Waals surface area contributed by atoms with Gasteiger partial charge in [0, 0.05) is 6.07 Å². The number of alkyl carbamates (subject to hydrolysis) is 1. The Balaban J connectivity index is 2.11. The van der Waals surface area contributed by atoms with Gasteiger partial charge in [0.15, 0.2) is 17.6 Å². The summed E-state index contributed by atoms with van der Waals surface area (Å²) in [5.74, 6) is 0.687. The molecule has 1 aliphatic heterocycles. The van der Waals surface area contributed by atoms with E-state index in [0.29, 0.717) is 23.6 Å². The molecule has 1 atom stereocenters. The second-order valence-corrected chi connectivity index (χ2v) is 4.23. The van der Waals surface area contributed by atoms with Crippen LogP contribution >= 0.6 is 11.6 Å². The van der Waals surface area contributed by atoms with Crippen molar-refractivity contribution in [3.63, 3.8) is 0 Å². The topological polar surface area (TPSA) is 80.6 Å². The fraction of sp³-hybridized carbons (Fsp3) is 0.333. The highest BCUT2D eigenvalue weighted by atomic mass is 35.5. The van der Waals surface area contributed by atoms with Gasteiger partial charge in [0.1, 0.15) is 6.61 Å². The number of hydrogen-bond donors (Lipinski definition) is 1. The van der Waals surface area contributed by atoms with Gasteiger partial charge in [-0.15, -0.1) is 0 Å². The lowest BCUT2D eigenvalue weighted by Gasteiger charge is -2.14. The fourth-order valence-electron chi connectivity index (χ4n) is 1.63. The van der Waals surface area contributed by atoms with E-state index in [2.05, 4.69) is 5.32 Å². The zero-order valence-corrected chi connectivity index (χ0v) is 10.9. The molecule has 0 aromatic heterocycles. The Kier molecular flexibility index (Phi) is 3.97. The highest BCUT2D eigenvalue weighted by Gasteiger charge is 2.24. The number of amides is 1. The average Bonchev–Trinajstić information content (AvgIpc) is 2.82. The number of cyclic esters (lactones) is 1. The minimum atomic E-state index is -0.466. The zero-order chi connectivity index (χ0) is 13.8. The van der Waals surface area contributed by atoms with Crippen molar-refractivity contribution < 1.29 is 19.0 Å². The van der Waals surface area contributed by atoms with Crippen molar-refractivity contribution in [2.45, 2.75) is 6.10 Å². The van der Waals surface area contributed by atoms with Crippen LogP contribution in [0.2, 0.25) is 5.02 Å². The van der Waals surface area contributed by atoms with E-state index in [1.807, 2.05) is 6.07 Å². The second kappa shape index (κ2) is 5.67. The summed E-state index contributed by atoms with van der Waals surface area (Å²) in [6.07, 6.45) is -0.838. The smallest absolute Gasteiger partial charge is 0.407 e. The van der Waals surface area contributed by atoms with E-state index >= 15 is 0 Å². The number of carbonyl (C=O) groups excluding carboxylic acids is 1. The number of carbonyl (C=O) groups is 1. The van der Waals surface area contributed by atoms with E-state index in [0.717, 1.165) is 0 Å². The third-order valence-corrected chi connectivity index (χ3v) is 2.80. The number of halogens is 1. The standard InChI is InChI=1S/C12H11ClN2O4/c1-17-10-3-7(4-14)2-9(13)11(10)18-6-8-5-15-12(16)19-8/h2-3,8H,5-6H2,1H3,(H,15,16). The predicted octanol–water partition coefficient (Wildman–Crippen LogP) is 1.71. The van der Waals surface area contributed by atoms with Gasteiger partial charge in [-0.25, -0.2) is 4.79 Å². The van der Waals surface area contributed by atoms with E-state index in [-0.39, 0.29) is 17.7 Å². The summed E-state index contributed by atoms with van der Waals surface area (Å²) >= 11 is 6.03. The molecule has 0 bridgehead atoms. The van der Waals surface area contributed by atoms with Crippen LogP contribution in [0.1, 0.15) is 5.56 Å². The maximum absolute atomic E-state index is 10.9. The Morgan fingerprint density at radius 2 is 2.42 bits per heavy atom. The maximum Gasteiger partial charge on any atom is 0.407 e. The number of nitrogens with one attached hydrogen (secondary N) is 1. The van der Waals surface area contributed by atoms with Gasteiger partial charge >= 0.3 is 6.09 Å². The number of methoxy groups -OCH3 is 1. The lowest BCUT2D eigenvalue weighted by Crippen LogP contribution is -2.22. The molecule has 1 aliphatic rings. The molecule has 1 fully saturated rings. The molecule has 0 saturated carbocycles. The van der Waals surface area contributed by atoms with Gasteiger partial charge < -0.3 is 19.5 Å². The van der Waals surface area contributed by atoms with E-state index in [1.54, 1.807) is 0 Å². The Hall–Kier alpha value is -2.13. The summed E-state index contributed by atoms with van der Waals surface area (Å²) in [5.41, 5.74) is 0.378. The molecular weight excluding hydrogens is 272 g/mol. The van der Waals surface area contributed by atoms with Crippen LogP contribution in [0.5, 0.6) is 11.5 Å². The van der Waals surface area contributed by atoms with Crippen LogP contribution in [0, 0.1) is 11.3 Å². The molecule has 1 amide bonds. The van der Waals surface area contributed by atoms with Gasteiger partial charge in [-0.05, 0) is 6.07 Å². The van der Waals surface area contributed by atoms with Gasteiger partial charge in [0.2, 0.25) is 0 Å². The van der Waals surface area contributed by atoms with Gasteiger partial charge in [0.05, 0.1) is 30.3 Å². The van der Waals surface area contributed by atoms with Crippen molar-refractivity contribution in [3.05, 3.63) is 22.7 Å². The Morgan fingerprint density at radius 1 is 1.63 bits per heavy atom. The molecule has 1 saturated heterocycles. The molecule has 6 nitrogen and oxygen atoms in total. The molecule has 2 rings (SSSR count). The Labute approximate surface area is 114 Å². The number of nitrogens with zero attached hydrogens (tertiary/aromatic N) is 1. The van der Waals surface area contributed by atoms with Gasteiger partial charge in [-0.1, -0.05) is 11.6 Å². The minimum Gasteiger partial charge on any atom is -0.493 e. The summed E-state index contributed by atoms with van der Waals surface area (Å²) in [7, 11) is 1.46. The molecule has 100 valence electrons. The third-order valence-electron chi connectivity index (χ3n) is 2.52. The van der Waals surface area contributed by atoms with Crippen LogP contribution < -0.4 is 14.8 Å². The monoisotopic (exact) mass is 282 g/mol. The molecule has 7 heteroatoms. The van der Waals surface area contributed by atoms with Crippen LogP contribution in [0.3, 0.4) is 0 Å². The van der Waals surface area contributed by atoms with E-state index in [9.17, 15) is 4.79 Å². The first-order chi connectivity index (χ1) is 9.13. The molecule has 1 aromatic carbocycles. The number of ether oxygens (including phenoxy) is 3. The van der Waals surface area contributed by atoms with E-state index < -0.39 is 6.09 Å². The van der Waals surface area contributed by atoms with E-state index in [4.69, 9.17) is 31.1 Å². The van der Waals surface area contributed by atoms with Crippen molar-refractivity contribution in [1.82, 2.24) is 5.32 Å². The molecule has 1 unspecified atom stereocenters. The number of rotatable bonds is 4. The van der Waals surface area contributed by atoms with Crippen molar-refractivity contribution in [2.24, 2.45) is 0 Å². The Bertz CT molecular complexity index is 541. The maximum atomic E-state index is 10.9. The molecule has 1 aromatic rings. The largest absolute Gasteiger partial charge is 0.493 e. The lowest BCUT2D eigenvalue weighted by molar-refractivity contribution is 0.103.